The summed E-state index contributed by atoms with van der Waals surface area (Å²) in [4.78, 5) is 0. The molecule has 0 bridgehead atoms. The quantitative estimate of drug-likeness (QED) is 0.603. The fourth-order valence-electron chi connectivity index (χ4n) is 1.15. The number of terminal acetylenes is 1. The van der Waals surface area contributed by atoms with Crippen molar-refractivity contribution in [3.05, 3.63) is 0 Å². The molecule has 1 atom stereocenters. The van der Waals surface area contributed by atoms with Gasteiger partial charge in [-0.25, -0.2) is 0 Å². The molecule has 1 heteroatoms. The van der Waals surface area contributed by atoms with E-state index >= 15 is 0 Å². The summed E-state index contributed by atoms with van der Waals surface area (Å²) >= 11 is 0. The van der Waals surface area contributed by atoms with E-state index < -0.39 is 5.60 Å². The molecule has 0 aliphatic heterocycles. The molecule has 11 heavy (non-hydrogen) atoms. The lowest BCUT2D eigenvalue weighted by Gasteiger charge is -2.20. The average molecular weight is 154 g/mol. The highest BCUT2D eigenvalue weighted by atomic mass is 16.3. The van der Waals surface area contributed by atoms with Crippen LogP contribution >= 0.6 is 0 Å². The summed E-state index contributed by atoms with van der Waals surface area (Å²) in [5.74, 6) is 2.47. The molecule has 0 rings (SSSR count). The van der Waals surface area contributed by atoms with Crippen LogP contribution in [0.4, 0.5) is 0 Å². The van der Waals surface area contributed by atoms with Gasteiger partial charge in [0.15, 0.2) is 0 Å². The smallest absolute Gasteiger partial charge is 0.125 e. The zero-order valence-electron chi connectivity index (χ0n) is 7.56. The first-order valence-corrected chi connectivity index (χ1v) is 4.38. The monoisotopic (exact) mass is 154 g/mol. The van der Waals surface area contributed by atoms with Gasteiger partial charge < -0.3 is 5.11 Å². The number of unbranched alkanes of at least 4 members (excludes halogenated alkanes) is 1. The van der Waals surface area contributed by atoms with Crippen LogP contribution in [0.3, 0.4) is 0 Å². The molecule has 1 nitrogen and oxygen atoms in total. The van der Waals surface area contributed by atoms with Crippen LogP contribution in [0, 0.1) is 12.3 Å². The number of hydrogen-bond donors (Lipinski definition) is 1. The van der Waals surface area contributed by atoms with Crippen LogP contribution in [-0.4, -0.2) is 10.7 Å². The predicted molar refractivity (Wildman–Crippen MR) is 48.2 cm³/mol. The zero-order chi connectivity index (χ0) is 8.74. The third kappa shape index (κ3) is 4.06. The lowest BCUT2D eigenvalue weighted by atomic mass is 9.93. The molecule has 0 aromatic rings. The molecule has 0 aromatic carbocycles. The molecule has 0 fully saturated rings. The van der Waals surface area contributed by atoms with Crippen molar-refractivity contribution in [2.24, 2.45) is 0 Å². The average Bonchev–Trinajstić information content (AvgIpc) is 2.02. The second-order valence-corrected chi connectivity index (χ2v) is 3.03. The van der Waals surface area contributed by atoms with Crippen LogP contribution in [0.15, 0.2) is 0 Å². The Morgan fingerprint density at radius 3 is 2.27 bits per heavy atom. The maximum Gasteiger partial charge on any atom is 0.125 e. The fraction of sp³-hybridized carbons (Fsp3) is 0.800. The van der Waals surface area contributed by atoms with Crippen molar-refractivity contribution in [2.75, 3.05) is 0 Å². The number of hydrogen-bond acceptors (Lipinski definition) is 1. The Kier molecular flexibility index (Phi) is 4.98. The molecular weight excluding hydrogens is 136 g/mol. The van der Waals surface area contributed by atoms with Gasteiger partial charge in [0.2, 0.25) is 0 Å². The summed E-state index contributed by atoms with van der Waals surface area (Å²) in [6.07, 6.45) is 9.76. The molecule has 1 unspecified atom stereocenters. The van der Waals surface area contributed by atoms with E-state index in [4.69, 9.17) is 6.42 Å². The number of aliphatic hydroxyl groups is 1. The minimum absolute atomic E-state index is 0.726. The Bertz CT molecular complexity index is 134. The molecular formula is C10H18O. The van der Waals surface area contributed by atoms with Crippen molar-refractivity contribution in [1.29, 1.82) is 0 Å². The van der Waals surface area contributed by atoms with Crippen molar-refractivity contribution >= 4 is 0 Å². The van der Waals surface area contributed by atoms with Crippen LogP contribution in [0.25, 0.3) is 0 Å². The van der Waals surface area contributed by atoms with Crippen LogP contribution in [0.5, 0.6) is 0 Å². The van der Waals surface area contributed by atoms with E-state index in [-0.39, 0.29) is 0 Å². The minimum atomic E-state index is -0.829. The van der Waals surface area contributed by atoms with Gasteiger partial charge in [-0.05, 0) is 19.3 Å². The second-order valence-electron chi connectivity index (χ2n) is 3.03. The summed E-state index contributed by atoms with van der Waals surface area (Å²) in [5, 5.41) is 9.72. The number of rotatable bonds is 5. The standard InChI is InChI=1S/C10H18O/c1-4-7-9-10(11,6-3)8-5-2/h3,11H,4-5,7-9H2,1-2H3. The molecule has 0 heterocycles. The summed E-state index contributed by atoms with van der Waals surface area (Å²) < 4.78 is 0. The summed E-state index contributed by atoms with van der Waals surface area (Å²) in [5.41, 5.74) is -0.829. The Morgan fingerprint density at radius 1 is 1.27 bits per heavy atom. The summed E-state index contributed by atoms with van der Waals surface area (Å²) in [7, 11) is 0. The molecule has 0 radical (unpaired) electrons. The maximum absolute atomic E-state index is 9.72. The van der Waals surface area contributed by atoms with E-state index in [2.05, 4.69) is 12.8 Å². The summed E-state index contributed by atoms with van der Waals surface area (Å²) in [6, 6.07) is 0. The Morgan fingerprint density at radius 2 is 1.91 bits per heavy atom. The molecule has 0 saturated carbocycles. The second kappa shape index (κ2) is 5.21. The van der Waals surface area contributed by atoms with Gasteiger partial charge in [0.05, 0.1) is 0 Å². The molecule has 0 spiro atoms. The normalized spacial score (nSPS) is 15.5. The van der Waals surface area contributed by atoms with Crippen molar-refractivity contribution in [3.8, 4) is 12.3 Å². The molecule has 0 aromatic heterocycles. The third-order valence-corrected chi connectivity index (χ3v) is 1.88. The molecule has 0 aliphatic rings. The highest BCUT2D eigenvalue weighted by molar-refractivity contribution is 5.06. The molecule has 0 amide bonds. The van der Waals surface area contributed by atoms with Crippen LogP contribution in [0.2, 0.25) is 0 Å². The predicted octanol–water partition coefficient (Wildman–Crippen LogP) is 2.34. The van der Waals surface area contributed by atoms with Crippen molar-refractivity contribution in [1.82, 2.24) is 0 Å². The largest absolute Gasteiger partial charge is 0.378 e. The van der Waals surface area contributed by atoms with Crippen LogP contribution < -0.4 is 0 Å². The van der Waals surface area contributed by atoms with Gasteiger partial charge >= 0.3 is 0 Å². The van der Waals surface area contributed by atoms with Crippen molar-refractivity contribution in [2.45, 2.75) is 51.6 Å². The van der Waals surface area contributed by atoms with E-state index in [0.717, 1.165) is 32.1 Å². The zero-order valence-corrected chi connectivity index (χ0v) is 7.56. The van der Waals surface area contributed by atoms with E-state index in [1.54, 1.807) is 0 Å². The highest BCUT2D eigenvalue weighted by Crippen LogP contribution is 2.18. The SMILES string of the molecule is C#CC(O)(CCC)CCCC. The van der Waals surface area contributed by atoms with Gasteiger partial charge in [0.25, 0.3) is 0 Å². The van der Waals surface area contributed by atoms with E-state index in [1.165, 1.54) is 0 Å². The molecule has 64 valence electrons. The van der Waals surface area contributed by atoms with Gasteiger partial charge in [-0.3, -0.25) is 0 Å². The van der Waals surface area contributed by atoms with Gasteiger partial charge in [-0.15, -0.1) is 6.42 Å². The first-order chi connectivity index (χ1) is 5.18. The Hall–Kier alpha value is -0.480. The van der Waals surface area contributed by atoms with E-state index in [1.807, 2.05) is 6.92 Å². The third-order valence-electron chi connectivity index (χ3n) is 1.88. The summed E-state index contributed by atoms with van der Waals surface area (Å²) in [6.45, 7) is 4.14. The van der Waals surface area contributed by atoms with Crippen molar-refractivity contribution < 1.29 is 5.11 Å². The molecule has 0 aliphatic carbocycles. The molecule has 1 N–H and O–H groups in total. The van der Waals surface area contributed by atoms with Gasteiger partial charge in [-0.2, -0.15) is 0 Å². The van der Waals surface area contributed by atoms with Crippen molar-refractivity contribution in [3.63, 3.8) is 0 Å². The Labute approximate surface area is 69.8 Å². The van der Waals surface area contributed by atoms with Crippen LogP contribution in [0.1, 0.15) is 46.0 Å². The lowest BCUT2D eigenvalue weighted by molar-refractivity contribution is 0.0792. The van der Waals surface area contributed by atoms with Gasteiger partial charge in [0, 0.05) is 0 Å². The maximum atomic E-state index is 9.72. The first-order valence-electron chi connectivity index (χ1n) is 4.38. The van der Waals surface area contributed by atoms with Crippen LogP contribution in [-0.2, 0) is 0 Å². The topological polar surface area (TPSA) is 20.2 Å². The minimum Gasteiger partial charge on any atom is -0.378 e. The van der Waals surface area contributed by atoms with E-state index in [9.17, 15) is 5.11 Å². The van der Waals surface area contributed by atoms with Gasteiger partial charge in [0.1, 0.15) is 5.60 Å². The van der Waals surface area contributed by atoms with Gasteiger partial charge in [-0.1, -0.05) is 32.6 Å². The van der Waals surface area contributed by atoms with E-state index in [0.29, 0.717) is 0 Å². The lowest BCUT2D eigenvalue weighted by Crippen LogP contribution is -2.25. The fourth-order valence-corrected chi connectivity index (χ4v) is 1.15. The Balaban J connectivity index is 3.81. The first kappa shape index (κ1) is 10.5. The molecule has 0 saturated heterocycles. The highest BCUT2D eigenvalue weighted by Gasteiger charge is 2.20.